The number of rotatable bonds is 9. The van der Waals surface area contributed by atoms with Gasteiger partial charge in [0.1, 0.15) is 18.2 Å². The smallest absolute Gasteiger partial charge is 0.303 e. The first kappa shape index (κ1) is 24.3. The molecule has 0 saturated carbocycles. The zero-order valence-electron chi connectivity index (χ0n) is 19.2. The number of aliphatic carboxylic acids is 1. The number of terminal acetylenes is 1. The Balaban J connectivity index is 1.87. The van der Waals surface area contributed by atoms with Gasteiger partial charge < -0.3 is 14.6 Å². The molecule has 0 bridgehead atoms. The first-order chi connectivity index (χ1) is 15.7. The Bertz CT molecular complexity index is 1120. The molecule has 3 rings (SSSR count). The van der Waals surface area contributed by atoms with Crippen LogP contribution in [-0.2, 0) is 28.0 Å². The summed E-state index contributed by atoms with van der Waals surface area (Å²) in [6.07, 6.45) is 10.0. The molecule has 0 aliphatic heterocycles. The second-order valence-electron chi connectivity index (χ2n) is 8.62. The van der Waals surface area contributed by atoms with E-state index in [0.717, 1.165) is 22.3 Å². The molecule has 0 spiro atoms. The van der Waals surface area contributed by atoms with E-state index < -0.39 is 11.4 Å². The number of carboxylic acid groups (broad SMARTS) is 1. The third-order valence-corrected chi connectivity index (χ3v) is 5.78. The summed E-state index contributed by atoms with van der Waals surface area (Å²) in [7, 11) is 1.61. The van der Waals surface area contributed by atoms with Crippen molar-refractivity contribution in [2.45, 2.75) is 51.2 Å². The third-order valence-electron chi connectivity index (χ3n) is 5.78. The minimum absolute atomic E-state index is 0.0697. The first-order valence-corrected chi connectivity index (χ1v) is 10.9. The number of halogens is 1. The Morgan fingerprint density at radius 1 is 1.24 bits per heavy atom. The molecule has 2 aromatic carbocycles. The largest absolute Gasteiger partial charge is 0.489 e. The summed E-state index contributed by atoms with van der Waals surface area (Å²) < 4.78 is 26.1. The minimum Gasteiger partial charge on any atom is -0.489 e. The highest BCUT2D eigenvalue weighted by Gasteiger charge is 2.26. The van der Waals surface area contributed by atoms with Gasteiger partial charge in [0.15, 0.2) is 0 Å². The number of methoxy groups -OCH3 is 1. The number of ether oxygens (including phenoxy) is 2. The third kappa shape index (κ3) is 6.12. The van der Waals surface area contributed by atoms with E-state index in [1.165, 1.54) is 0 Å². The van der Waals surface area contributed by atoms with Crippen LogP contribution in [-0.4, -0.2) is 24.3 Å². The zero-order valence-corrected chi connectivity index (χ0v) is 19.2. The normalized spacial score (nSPS) is 15.9. The summed E-state index contributed by atoms with van der Waals surface area (Å²) in [5.41, 5.74) is 3.25. The van der Waals surface area contributed by atoms with Gasteiger partial charge in [0, 0.05) is 19.1 Å². The Kier molecular flexibility index (Phi) is 7.73. The molecule has 4 nitrogen and oxygen atoms in total. The van der Waals surface area contributed by atoms with Crippen LogP contribution in [0.25, 0.3) is 5.57 Å². The molecule has 33 heavy (non-hydrogen) atoms. The Hall–Kier alpha value is -3.36. The van der Waals surface area contributed by atoms with Crippen LogP contribution in [0.2, 0.25) is 0 Å². The van der Waals surface area contributed by atoms with Gasteiger partial charge in [0.05, 0.1) is 11.5 Å². The van der Waals surface area contributed by atoms with Gasteiger partial charge in [-0.25, -0.2) is 4.39 Å². The number of aryl methyl sites for hydroxylation is 1. The van der Waals surface area contributed by atoms with Crippen LogP contribution >= 0.6 is 0 Å². The van der Waals surface area contributed by atoms with E-state index in [1.54, 1.807) is 19.3 Å². The van der Waals surface area contributed by atoms with Gasteiger partial charge in [-0.05, 0) is 73.2 Å². The van der Waals surface area contributed by atoms with Crippen LogP contribution < -0.4 is 4.74 Å². The van der Waals surface area contributed by atoms with Gasteiger partial charge in [0.2, 0.25) is 0 Å². The number of carbonyl (C=O) groups is 1. The van der Waals surface area contributed by atoms with Crippen LogP contribution in [0.4, 0.5) is 4.39 Å². The van der Waals surface area contributed by atoms with E-state index >= 15 is 0 Å². The lowest BCUT2D eigenvalue weighted by atomic mass is 9.79. The minimum atomic E-state index is -0.832. The Labute approximate surface area is 194 Å². The summed E-state index contributed by atoms with van der Waals surface area (Å²) in [6, 6.07) is 13.2. The quantitative estimate of drug-likeness (QED) is 0.489. The summed E-state index contributed by atoms with van der Waals surface area (Å²) >= 11 is 0. The van der Waals surface area contributed by atoms with Crippen LogP contribution in [0.5, 0.6) is 5.75 Å². The summed E-state index contributed by atoms with van der Waals surface area (Å²) in [4.78, 5) is 10.8. The molecule has 0 saturated heterocycles. The van der Waals surface area contributed by atoms with Crippen LogP contribution in [0, 0.1) is 12.3 Å². The number of hydrogen-bond acceptors (Lipinski definition) is 3. The maximum absolute atomic E-state index is 14.8. The van der Waals surface area contributed by atoms with E-state index in [1.807, 2.05) is 56.3 Å². The van der Waals surface area contributed by atoms with E-state index in [-0.39, 0.29) is 18.4 Å². The molecular formula is C28H29FO4. The molecule has 1 atom stereocenters. The fourth-order valence-electron chi connectivity index (χ4n) is 3.77. The molecule has 0 radical (unpaired) electrons. The SMILES string of the molecule is C#CC(C)(C)c1cc(COc2cccc(CCC(=O)O)c2)ccc1C1=CC(OC)CC=C1F. The molecule has 1 aliphatic rings. The lowest BCUT2D eigenvalue weighted by molar-refractivity contribution is -0.136. The van der Waals surface area contributed by atoms with Crippen molar-refractivity contribution < 1.29 is 23.8 Å². The van der Waals surface area contributed by atoms with Crippen molar-refractivity contribution in [1.29, 1.82) is 0 Å². The highest BCUT2D eigenvalue weighted by molar-refractivity contribution is 5.81. The van der Waals surface area contributed by atoms with E-state index in [9.17, 15) is 9.18 Å². The fourth-order valence-corrected chi connectivity index (χ4v) is 3.77. The van der Waals surface area contributed by atoms with Gasteiger partial charge in [-0.3, -0.25) is 4.79 Å². The second kappa shape index (κ2) is 10.5. The highest BCUT2D eigenvalue weighted by atomic mass is 19.1. The number of hydrogen-bond donors (Lipinski definition) is 1. The molecule has 172 valence electrons. The van der Waals surface area contributed by atoms with Gasteiger partial charge in [0.25, 0.3) is 0 Å². The maximum atomic E-state index is 14.8. The van der Waals surface area contributed by atoms with Crippen molar-refractivity contribution in [1.82, 2.24) is 0 Å². The number of benzene rings is 2. The molecule has 2 aromatic rings. The topological polar surface area (TPSA) is 55.8 Å². The molecule has 0 heterocycles. The fraction of sp³-hybridized carbons (Fsp3) is 0.321. The number of allylic oxidation sites excluding steroid dienone is 2. The second-order valence-corrected chi connectivity index (χ2v) is 8.62. The number of carboxylic acids is 1. The molecule has 0 amide bonds. The summed E-state index contributed by atoms with van der Waals surface area (Å²) in [6.45, 7) is 4.16. The van der Waals surface area contributed by atoms with Crippen molar-refractivity contribution in [2.24, 2.45) is 0 Å². The first-order valence-electron chi connectivity index (χ1n) is 10.9. The van der Waals surface area contributed by atoms with Crippen molar-refractivity contribution in [2.75, 3.05) is 7.11 Å². The Morgan fingerprint density at radius 3 is 2.73 bits per heavy atom. The Morgan fingerprint density at radius 2 is 2.03 bits per heavy atom. The predicted molar refractivity (Wildman–Crippen MR) is 128 cm³/mol. The maximum Gasteiger partial charge on any atom is 0.303 e. The van der Waals surface area contributed by atoms with Gasteiger partial charge >= 0.3 is 5.97 Å². The van der Waals surface area contributed by atoms with Gasteiger partial charge in [-0.15, -0.1) is 6.42 Å². The lowest BCUT2D eigenvalue weighted by Crippen LogP contribution is -2.19. The van der Waals surface area contributed by atoms with Gasteiger partial charge in [-0.2, -0.15) is 0 Å². The molecule has 0 aromatic heterocycles. The van der Waals surface area contributed by atoms with Gasteiger partial charge in [-0.1, -0.05) is 36.3 Å². The molecule has 1 unspecified atom stereocenters. The average molecular weight is 449 g/mol. The summed E-state index contributed by atoms with van der Waals surface area (Å²) in [5.74, 6) is 2.37. The molecule has 1 N–H and O–H groups in total. The standard InChI is InChI=1S/C28H29FO4/c1-5-28(2,3)25-16-20(9-12-23(25)24-17-21(32-4)11-13-26(24)29)18-33-22-8-6-7-19(15-22)10-14-27(30)31/h1,6-9,12-13,15-17,21H,10-11,14,18H2,2-4H3,(H,30,31). The van der Waals surface area contributed by atoms with Crippen molar-refractivity contribution >= 4 is 11.5 Å². The van der Waals surface area contributed by atoms with E-state index in [4.69, 9.17) is 21.0 Å². The monoisotopic (exact) mass is 448 g/mol. The van der Waals surface area contributed by atoms with Crippen molar-refractivity contribution in [3.05, 3.63) is 82.7 Å². The molecular weight excluding hydrogens is 419 g/mol. The van der Waals surface area contributed by atoms with E-state index in [0.29, 0.717) is 30.8 Å². The zero-order chi connectivity index (χ0) is 24.0. The van der Waals surface area contributed by atoms with Crippen molar-refractivity contribution in [3.63, 3.8) is 0 Å². The van der Waals surface area contributed by atoms with E-state index in [2.05, 4.69) is 5.92 Å². The molecule has 1 aliphatic carbocycles. The van der Waals surface area contributed by atoms with Crippen molar-refractivity contribution in [3.8, 4) is 18.1 Å². The lowest BCUT2D eigenvalue weighted by Gasteiger charge is -2.26. The predicted octanol–water partition coefficient (Wildman–Crippen LogP) is 5.85. The average Bonchev–Trinajstić information content (AvgIpc) is 2.82. The highest BCUT2D eigenvalue weighted by Crippen LogP contribution is 2.37. The van der Waals surface area contributed by atoms with Crippen LogP contribution in [0.15, 0.2) is 60.4 Å². The molecule has 5 heteroatoms. The molecule has 0 fully saturated rings. The van der Waals surface area contributed by atoms with Crippen LogP contribution in [0.1, 0.15) is 48.9 Å². The van der Waals surface area contributed by atoms with Crippen LogP contribution in [0.3, 0.4) is 0 Å². The summed E-state index contributed by atoms with van der Waals surface area (Å²) in [5, 5.41) is 8.89.